The quantitative estimate of drug-likeness (QED) is 0.750. The highest BCUT2D eigenvalue weighted by Gasteiger charge is 2.41. The Hall–Kier alpha value is -0.340. The molecule has 2 heteroatoms. The summed E-state index contributed by atoms with van der Waals surface area (Å²) in [6.45, 7) is 8.04. The van der Waals surface area contributed by atoms with Crippen molar-refractivity contribution in [1.29, 1.82) is 0 Å². The highest BCUT2D eigenvalue weighted by Crippen LogP contribution is 2.49. The fourth-order valence-electron chi connectivity index (χ4n) is 2.51. The van der Waals surface area contributed by atoms with E-state index in [0.29, 0.717) is 11.5 Å². The summed E-state index contributed by atoms with van der Waals surface area (Å²) in [5, 5.41) is 3.73. The van der Waals surface area contributed by atoms with E-state index in [1.165, 1.54) is 42.0 Å². The van der Waals surface area contributed by atoms with Gasteiger partial charge >= 0.3 is 0 Å². The standard InChI is InChI=1S/C15H25NS/c1-4-8-15(9-10-15)11-16-12(3)14-7-6-13(5-2)17-14/h6-7,12,16H,4-5,8-11H2,1-3H3. The first-order chi connectivity index (χ1) is 8.19. The normalized spacial score (nSPS) is 19.2. The van der Waals surface area contributed by atoms with E-state index in [4.69, 9.17) is 0 Å². The molecule has 1 N–H and O–H groups in total. The first kappa shape index (κ1) is 13.1. The Morgan fingerprint density at radius 2 is 2.12 bits per heavy atom. The van der Waals surface area contributed by atoms with E-state index in [9.17, 15) is 0 Å². The Labute approximate surface area is 110 Å². The second-order valence-electron chi connectivity index (χ2n) is 5.51. The van der Waals surface area contributed by atoms with Crippen molar-refractivity contribution in [3.05, 3.63) is 21.9 Å². The van der Waals surface area contributed by atoms with Crippen LogP contribution < -0.4 is 5.32 Å². The largest absolute Gasteiger partial charge is 0.309 e. The molecule has 2 rings (SSSR count). The van der Waals surface area contributed by atoms with Gasteiger partial charge in [-0.2, -0.15) is 0 Å². The summed E-state index contributed by atoms with van der Waals surface area (Å²) in [6.07, 6.45) is 6.76. The summed E-state index contributed by atoms with van der Waals surface area (Å²) in [4.78, 5) is 3.00. The zero-order valence-corrected chi connectivity index (χ0v) is 12.2. The third kappa shape index (κ3) is 3.32. The van der Waals surface area contributed by atoms with Gasteiger partial charge in [0.25, 0.3) is 0 Å². The Morgan fingerprint density at radius 3 is 2.65 bits per heavy atom. The Bertz CT molecular complexity index is 352. The van der Waals surface area contributed by atoms with Crippen molar-refractivity contribution in [1.82, 2.24) is 5.32 Å². The van der Waals surface area contributed by atoms with Crippen LogP contribution in [0.5, 0.6) is 0 Å². The van der Waals surface area contributed by atoms with E-state index in [-0.39, 0.29) is 0 Å². The summed E-state index contributed by atoms with van der Waals surface area (Å²) < 4.78 is 0. The number of rotatable bonds is 7. The highest BCUT2D eigenvalue weighted by molar-refractivity contribution is 7.12. The third-order valence-corrected chi connectivity index (χ3v) is 5.39. The zero-order valence-electron chi connectivity index (χ0n) is 11.4. The molecule has 1 fully saturated rings. The molecule has 1 aromatic rings. The van der Waals surface area contributed by atoms with Gasteiger partial charge in [-0.15, -0.1) is 11.3 Å². The van der Waals surface area contributed by atoms with Gasteiger partial charge in [0.05, 0.1) is 0 Å². The van der Waals surface area contributed by atoms with Crippen LogP contribution in [0.15, 0.2) is 12.1 Å². The van der Waals surface area contributed by atoms with E-state index in [1.54, 1.807) is 0 Å². The maximum atomic E-state index is 3.73. The number of hydrogen-bond donors (Lipinski definition) is 1. The van der Waals surface area contributed by atoms with Gasteiger partial charge in [-0.3, -0.25) is 0 Å². The van der Waals surface area contributed by atoms with Crippen molar-refractivity contribution < 1.29 is 0 Å². The van der Waals surface area contributed by atoms with Crippen LogP contribution >= 0.6 is 11.3 Å². The molecule has 0 amide bonds. The lowest BCUT2D eigenvalue weighted by molar-refractivity contribution is 0.399. The van der Waals surface area contributed by atoms with Gasteiger partial charge in [-0.05, 0) is 50.2 Å². The van der Waals surface area contributed by atoms with Gasteiger partial charge in [0.1, 0.15) is 0 Å². The number of hydrogen-bond acceptors (Lipinski definition) is 2. The molecule has 0 radical (unpaired) electrons. The Balaban J connectivity index is 1.82. The molecule has 17 heavy (non-hydrogen) atoms. The van der Waals surface area contributed by atoms with Crippen LogP contribution in [0, 0.1) is 5.41 Å². The Kier molecular flexibility index (Phi) is 4.26. The average Bonchev–Trinajstić information content (AvgIpc) is 2.93. The van der Waals surface area contributed by atoms with Crippen LogP contribution in [0.1, 0.15) is 62.3 Å². The van der Waals surface area contributed by atoms with Crippen LogP contribution in [0.3, 0.4) is 0 Å². The van der Waals surface area contributed by atoms with E-state index in [0.717, 1.165) is 6.42 Å². The van der Waals surface area contributed by atoms with Crippen LogP contribution in [-0.2, 0) is 6.42 Å². The van der Waals surface area contributed by atoms with Crippen molar-refractivity contribution in [3.8, 4) is 0 Å². The van der Waals surface area contributed by atoms with Crippen LogP contribution in [-0.4, -0.2) is 6.54 Å². The second kappa shape index (κ2) is 5.53. The summed E-state index contributed by atoms with van der Waals surface area (Å²) in [6, 6.07) is 5.09. The van der Waals surface area contributed by atoms with E-state index in [1.807, 2.05) is 11.3 Å². The number of aryl methyl sites for hydroxylation is 1. The van der Waals surface area contributed by atoms with Crippen LogP contribution in [0.4, 0.5) is 0 Å². The number of nitrogens with one attached hydrogen (secondary N) is 1. The molecule has 0 saturated heterocycles. The summed E-state index contributed by atoms with van der Waals surface area (Å²) in [7, 11) is 0. The highest BCUT2D eigenvalue weighted by atomic mass is 32.1. The van der Waals surface area contributed by atoms with E-state index >= 15 is 0 Å². The summed E-state index contributed by atoms with van der Waals surface area (Å²) in [5.74, 6) is 0. The topological polar surface area (TPSA) is 12.0 Å². The summed E-state index contributed by atoms with van der Waals surface area (Å²) in [5.41, 5.74) is 0.661. The molecule has 1 unspecified atom stereocenters. The SMILES string of the molecule is CCCC1(CNC(C)c2ccc(CC)s2)CC1. The van der Waals surface area contributed by atoms with Crippen molar-refractivity contribution in [2.24, 2.45) is 5.41 Å². The number of thiophene rings is 1. The van der Waals surface area contributed by atoms with Gasteiger partial charge in [0.2, 0.25) is 0 Å². The molecule has 1 aromatic heterocycles. The first-order valence-electron chi connectivity index (χ1n) is 7.01. The lowest BCUT2D eigenvalue weighted by Gasteiger charge is -2.18. The van der Waals surface area contributed by atoms with Gasteiger partial charge < -0.3 is 5.32 Å². The molecule has 0 spiro atoms. The molecule has 96 valence electrons. The minimum absolute atomic E-state index is 0.523. The Morgan fingerprint density at radius 1 is 1.35 bits per heavy atom. The molecular formula is C15H25NS. The minimum Gasteiger partial charge on any atom is -0.309 e. The van der Waals surface area contributed by atoms with Gasteiger partial charge in [0.15, 0.2) is 0 Å². The average molecular weight is 251 g/mol. The predicted octanol–water partition coefficient (Wildman–Crippen LogP) is 4.54. The maximum Gasteiger partial charge on any atom is 0.0386 e. The van der Waals surface area contributed by atoms with Crippen LogP contribution in [0.25, 0.3) is 0 Å². The third-order valence-electron chi connectivity index (χ3n) is 3.98. The molecule has 1 aliphatic rings. The van der Waals surface area contributed by atoms with Gasteiger partial charge in [0, 0.05) is 22.3 Å². The van der Waals surface area contributed by atoms with E-state index in [2.05, 4.69) is 38.2 Å². The van der Waals surface area contributed by atoms with Gasteiger partial charge in [-0.1, -0.05) is 20.3 Å². The van der Waals surface area contributed by atoms with Crippen molar-refractivity contribution in [3.63, 3.8) is 0 Å². The fraction of sp³-hybridized carbons (Fsp3) is 0.733. The molecular weight excluding hydrogens is 226 g/mol. The smallest absolute Gasteiger partial charge is 0.0386 e. The molecule has 1 saturated carbocycles. The minimum atomic E-state index is 0.523. The fourth-order valence-corrected chi connectivity index (χ4v) is 3.49. The molecule has 0 bridgehead atoms. The first-order valence-corrected chi connectivity index (χ1v) is 7.83. The maximum absolute atomic E-state index is 3.73. The summed E-state index contributed by atoms with van der Waals surface area (Å²) >= 11 is 1.96. The van der Waals surface area contributed by atoms with E-state index < -0.39 is 0 Å². The zero-order chi connectivity index (χ0) is 12.3. The second-order valence-corrected chi connectivity index (χ2v) is 6.71. The monoisotopic (exact) mass is 251 g/mol. The predicted molar refractivity (Wildman–Crippen MR) is 76.7 cm³/mol. The molecule has 0 aliphatic heterocycles. The molecule has 0 aromatic carbocycles. The van der Waals surface area contributed by atoms with Crippen molar-refractivity contribution in [2.45, 2.75) is 58.9 Å². The lowest BCUT2D eigenvalue weighted by Crippen LogP contribution is -2.26. The van der Waals surface area contributed by atoms with Crippen molar-refractivity contribution >= 4 is 11.3 Å². The molecule has 1 nitrogen and oxygen atoms in total. The van der Waals surface area contributed by atoms with Crippen molar-refractivity contribution in [2.75, 3.05) is 6.54 Å². The van der Waals surface area contributed by atoms with Crippen LogP contribution in [0.2, 0.25) is 0 Å². The van der Waals surface area contributed by atoms with Gasteiger partial charge in [-0.25, -0.2) is 0 Å². The molecule has 1 atom stereocenters. The molecule has 1 aliphatic carbocycles. The lowest BCUT2D eigenvalue weighted by atomic mass is 10.0. The molecule has 1 heterocycles.